The molecule has 0 aromatic carbocycles. The predicted octanol–water partition coefficient (Wildman–Crippen LogP) is 3.79. The van der Waals surface area contributed by atoms with Gasteiger partial charge < -0.3 is 4.90 Å². The molecule has 14 heavy (non-hydrogen) atoms. The Morgan fingerprint density at radius 3 is 1.71 bits per heavy atom. The van der Waals surface area contributed by atoms with Gasteiger partial charge in [-0.3, -0.25) is 0 Å². The summed E-state index contributed by atoms with van der Waals surface area (Å²) >= 11 is 0. The first-order valence-corrected chi connectivity index (χ1v) is 6.11. The minimum absolute atomic E-state index is 0.766. The lowest BCUT2D eigenvalue weighted by atomic mass is 9.95. The monoisotopic (exact) mass is 199 g/mol. The normalized spacial score (nSPS) is 14.4. The Bertz CT molecular complexity index is 119. The Labute approximate surface area is 90.9 Å². The second kappa shape index (κ2) is 7.28. The van der Waals surface area contributed by atoms with Gasteiger partial charge in [-0.05, 0) is 32.4 Å². The Morgan fingerprint density at radius 1 is 0.857 bits per heavy atom. The van der Waals surface area contributed by atoms with Crippen molar-refractivity contribution in [2.75, 3.05) is 14.1 Å². The van der Waals surface area contributed by atoms with Crippen LogP contribution in [0.15, 0.2) is 0 Å². The van der Waals surface area contributed by atoms with Gasteiger partial charge in [0.1, 0.15) is 0 Å². The van der Waals surface area contributed by atoms with Crippen molar-refractivity contribution in [2.24, 2.45) is 11.8 Å². The van der Waals surface area contributed by atoms with Gasteiger partial charge in [-0.25, -0.2) is 0 Å². The van der Waals surface area contributed by atoms with E-state index in [0.29, 0.717) is 0 Å². The second-order valence-corrected chi connectivity index (χ2v) is 5.45. The summed E-state index contributed by atoms with van der Waals surface area (Å²) in [7, 11) is 4.40. The first kappa shape index (κ1) is 14.0. The number of hydrogen-bond donors (Lipinski definition) is 0. The molecule has 0 spiro atoms. The van der Waals surface area contributed by atoms with Crippen LogP contribution in [0.2, 0.25) is 0 Å². The summed E-state index contributed by atoms with van der Waals surface area (Å²) in [6.45, 7) is 9.28. The molecule has 1 atom stereocenters. The molecule has 0 aromatic rings. The number of unbranched alkanes of at least 4 members (excludes halogenated alkanes) is 1. The highest BCUT2D eigenvalue weighted by atomic mass is 15.1. The maximum absolute atomic E-state index is 2.38. The molecule has 0 aliphatic carbocycles. The summed E-state index contributed by atoms with van der Waals surface area (Å²) in [6, 6.07) is 0.766. The molecular weight excluding hydrogens is 170 g/mol. The van der Waals surface area contributed by atoms with Gasteiger partial charge in [-0.2, -0.15) is 0 Å². The Morgan fingerprint density at radius 2 is 1.36 bits per heavy atom. The van der Waals surface area contributed by atoms with E-state index in [-0.39, 0.29) is 0 Å². The lowest BCUT2D eigenvalue weighted by molar-refractivity contribution is 0.213. The van der Waals surface area contributed by atoms with Crippen molar-refractivity contribution < 1.29 is 0 Å². The van der Waals surface area contributed by atoms with E-state index in [1.807, 2.05) is 0 Å². The Hall–Kier alpha value is -0.0400. The Balaban J connectivity index is 3.62. The fraction of sp³-hybridized carbons (Fsp3) is 1.00. The van der Waals surface area contributed by atoms with Gasteiger partial charge in [0.05, 0.1) is 0 Å². The minimum atomic E-state index is 0.766. The summed E-state index contributed by atoms with van der Waals surface area (Å²) in [5, 5.41) is 0. The SMILES string of the molecule is CC(C)CCCCC(C(C)C)N(C)C. The van der Waals surface area contributed by atoms with E-state index in [0.717, 1.165) is 17.9 Å². The first-order chi connectivity index (χ1) is 6.45. The predicted molar refractivity (Wildman–Crippen MR) is 65.6 cm³/mol. The molecule has 0 aliphatic rings. The van der Waals surface area contributed by atoms with Crippen molar-refractivity contribution in [2.45, 2.75) is 59.4 Å². The lowest BCUT2D eigenvalue weighted by Gasteiger charge is -2.28. The van der Waals surface area contributed by atoms with E-state index in [1.54, 1.807) is 0 Å². The van der Waals surface area contributed by atoms with E-state index in [4.69, 9.17) is 0 Å². The zero-order valence-corrected chi connectivity index (χ0v) is 11.0. The molecule has 0 amide bonds. The molecule has 0 rings (SSSR count). The summed E-state index contributed by atoms with van der Waals surface area (Å²) in [4.78, 5) is 2.38. The zero-order chi connectivity index (χ0) is 11.1. The molecule has 0 fully saturated rings. The van der Waals surface area contributed by atoms with Crippen LogP contribution in [0, 0.1) is 11.8 Å². The molecule has 0 N–H and O–H groups in total. The third-order valence-electron chi connectivity index (χ3n) is 2.96. The van der Waals surface area contributed by atoms with Gasteiger partial charge in [0.25, 0.3) is 0 Å². The third kappa shape index (κ3) is 6.42. The molecule has 0 heterocycles. The summed E-state index contributed by atoms with van der Waals surface area (Å²) in [5.41, 5.74) is 0. The fourth-order valence-corrected chi connectivity index (χ4v) is 2.09. The highest BCUT2D eigenvalue weighted by Gasteiger charge is 2.14. The van der Waals surface area contributed by atoms with Gasteiger partial charge in [-0.15, -0.1) is 0 Å². The van der Waals surface area contributed by atoms with Crippen molar-refractivity contribution >= 4 is 0 Å². The van der Waals surface area contributed by atoms with Crippen LogP contribution >= 0.6 is 0 Å². The molecule has 0 bridgehead atoms. The lowest BCUT2D eigenvalue weighted by Crippen LogP contribution is -2.32. The van der Waals surface area contributed by atoms with E-state index in [1.165, 1.54) is 25.7 Å². The summed E-state index contributed by atoms with van der Waals surface area (Å²) in [5.74, 6) is 1.65. The van der Waals surface area contributed by atoms with Gasteiger partial charge in [0.15, 0.2) is 0 Å². The molecule has 1 heteroatoms. The van der Waals surface area contributed by atoms with E-state index < -0.39 is 0 Å². The summed E-state index contributed by atoms with van der Waals surface area (Å²) in [6.07, 6.45) is 5.53. The maximum Gasteiger partial charge on any atom is 0.0112 e. The molecule has 1 nitrogen and oxygen atoms in total. The van der Waals surface area contributed by atoms with Crippen LogP contribution in [0.3, 0.4) is 0 Å². The second-order valence-electron chi connectivity index (χ2n) is 5.45. The van der Waals surface area contributed by atoms with Crippen molar-refractivity contribution in [3.8, 4) is 0 Å². The van der Waals surface area contributed by atoms with E-state index >= 15 is 0 Å². The van der Waals surface area contributed by atoms with Crippen molar-refractivity contribution in [1.29, 1.82) is 0 Å². The molecular formula is C13H29N. The van der Waals surface area contributed by atoms with Gasteiger partial charge >= 0.3 is 0 Å². The van der Waals surface area contributed by atoms with Crippen molar-refractivity contribution in [1.82, 2.24) is 4.90 Å². The average molecular weight is 199 g/mol. The van der Waals surface area contributed by atoms with Crippen LogP contribution in [0.25, 0.3) is 0 Å². The largest absolute Gasteiger partial charge is 0.306 e. The molecule has 86 valence electrons. The highest BCUT2D eigenvalue weighted by Crippen LogP contribution is 2.16. The maximum atomic E-state index is 2.38. The number of rotatable bonds is 7. The van der Waals surface area contributed by atoms with Crippen LogP contribution < -0.4 is 0 Å². The molecule has 0 saturated heterocycles. The van der Waals surface area contributed by atoms with Crippen LogP contribution in [-0.4, -0.2) is 25.0 Å². The zero-order valence-electron chi connectivity index (χ0n) is 11.0. The standard InChI is InChI=1S/C13H29N/c1-11(2)9-7-8-10-13(12(3)4)14(5)6/h11-13H,7-10H2,1-6H3. The molecule has 0 aromatic heterocycles. The van der Waals surface area contributed by atoms with Gasteiger partial charge in [-0.1, -0.05) is 47.0 Å². The Kier molecular flexibility index (Phi) is 7.26. The smallest absolute Gasteiger partial charge is 0.0112 e. The minimum Gasteiger partial charge on any atom is -0.306 e. The number of hydrogen-bond acceptors (Lipinski definition) is 1. The van der Waals surface area contributed by atoms with E-state index in [9.17, 15) is 0 Å². The van der Waals surface area contributed by atoms with Crippen LogP contribution in [-0.2, 0) is 0 Å². The van der Waals surface area contributed by atoms with Crippen LogP contribution in [0.5, 0.6) is 0 Å². The third-order valence-corrected chi connectivity index (χ3v) is 2.96. The molecule has 0 aliphatic heterocycles. The van der Waals surface area contributed by atoms with Crippen LogP contribution in [0.1, 0.15) is 53.4 Å². The highest BCUT2D eigenvalue weighted by molar-refractivity contribution is 4.69. The topological polar surface area (TPSA) is 3.24 Å². The fourth-order valence-electron chi connectivity index (χ4n) is 2.09. The average Bonchev–Trinajstić information content (AvgIpc) is 2.01. The van der Waals surface area contributed by atoms with Gasteiger partial charge in [0, 0.05) is 6.04 Å². The van der Waals surface area contributed by atoms with Crippen molar-refractivity contribution in [3.63, 3.8) is 0 Å². The van der Waals surface area contributed by atoms with Crippen LogP contribution in [0.4, 0.5) is 0 Å². The number of nitrogens with zero attached hydrogens (tertiary/aromatic N) is 1. The summed E-state index contributed by atoms with van der Waals surface area (Å²) < 4.78 is 0. The first-order valence-electron chi connectivity index (χ1n) is 6.11. The quantitative estimate of drug-likeness (QED) is 0.564. The van der Waals surface area contributed by atoms with E-state index in [2.05, 4.69) is 46.7 Å². The molecule has 0 saturated carbocycles. The van der Waals surface area contributed by atoms with Gasteiger partial charge in [0.2, 0.25) is 0 Å². The molecule has 0 radical (unpaired) electrons. The molecule has 1 unspecified atom stereocenters. The van der Waals surface area contributed by atoms with Crippen molar-refractivity contribution in [3.05, 3.63) is 0 Å².